The van der Waals surface area contributed by atoms with Gasteiger partial charge in [0.15, 0.2) is 5.83 Å². The minimum atomic E-state index is -1.01. The number of benzene rings is 1. The van der Waals surface area contributed by atoms with Gasteiger partial charge in [0.25, 0.3) is 11.8 Å². The molecule has 0 radical (unpaired) electrons. The summed E-state index contributed by atoms with van der Waals surface area (Å²) >= 11 is 0. The summed E-state index contributed by atoms with van der Waals surface area (Å²) in [5, 5.41) is 5.52. The lowest BCUT2D eigenvalue weighted by Crippen LogP contribution is -2.53. The molecule has 2 rings (SSSR count). The smallest absolute Gasteiger partial charge is 0.279 e. The lowest BCUT2D eigenvalue weighted by molar-refractivity contribution is -0.119. The Morgan fingerprint density at radius 2 is 1.62 bits per heavy atom. The van der Waals surface area contributed by atoms with E-state index >= 15 is 0 Å². The Morgan fingerprint density at radius 1 is 1.05 bits per heavy atom. The molecule has 112 valence electrons. The van der Waals surface area contributed by atoms with Crippen LogP contribution in [0.15, 0.2) is 42.7 Å². The summed E-state index contributed by atoms with van der Waals surface area (Å²) in [5.41, 5.74) is 0.572. The number of nitrogens with one attached hydrogen (secondary N) is 2. The first kappa shape index (κ1) is 15.2. The van der Waals surface area contributed by atoms with Gasteiger partial charge in [-0.3, -0.25) is 9.59 Å². The first-order chi connectivity index (χ1) is 10.1. The van der Waals surface area contributed by atoms with Crippen molar-refractivity contribution < 1.29 is 14.0 Å². The molecule has 1 saturated carbocycles. The third kappa shape index (κ3) is 4.15. The Kier molecular flexibility index (Phi) is 5.09. The first-order valence-electron chi connectivity index (χ1n) is 7.09. The van der Waals surface area contributed by atoms with Crippen molar-refractivity contribution >= 4 is 11.8 Å². The van der Waals surface area contributed by atoms with Gasteiger partial charge in [-0.1, -0.05) is 37.6 Å². The third-order valence-electron chi connectivity index (χ3n) is 3.68. The number of rotatable bonds is 4. The molecule has 0 spiro atoms. The van der Waals surface area contributed by atoms with Gasteiger partial charge >= 0.3 is 0 Å². The number of carbonyl (C=O) groups is 2. The van der Waals surface area contributed by atoms with E-state index in [-0.39, 0.29) is 18.0 Å². The molecule has 1 fully saturated rings. The average molecular weight is 290 g/mol. The SMILES string of the molecule is C=C(F)C(=O)N[C@@H]1CCCC[C@H]1NC(=O)c1ccccc1. The van der Waals surface area contributed by atoms with Gasteiger partial charge in [-0.05, 0) is 25.0 Å². The van der Waals surface area contributed by atoms with E-state index in [4.69, 9.17) is 0 Å². The van der Waals surface area contributed by atoms with E-state index in [0.29, 0.717) is 5.56 Å². The van der Waals surface area contributed by atoms with Crippen LogP contribution in [0.3, 0.4) is 0 Å². The standard InChI is InChI=1S/C16H19FN2O2/c1-11(17)15(20)18-13-9-5-6-10-14(13)19-16(21)12-7-3-2-4-8-12/h2-4,7-8,13-14H,1,5-6,9-10H2,(H,18,20)(H,19,21)/t13-,14-/m1/s1. The zero-order chi connectivity index (χ0) is 15.2. The molecule has 0 bridgehead atoms. The number of hydrogen-bond acceptors (Lipinski definition) is 2. The zero-order valence-corrected chi connectivity index (χ0v) is 11.8. The fraction of sp³-hybridized carbons (Fsp3) is 0.375. The molecule has 0 aliphatic heterocycles. The molecular weight excluding hydrogens is 271 g/mol. The van der Waals surface area contributed by atoms with E-state index in [0.717, 1.165) is 25.7 Å². The van der Waals surface area contributed by atoms with Crippen LogP contribution in [0.1, 0.15) is 36.0 Å². The van der Waals surface area contributed by atoms with Gasteiger partial charge in [0.05, 0.1) is 0 Å². The number of amides is 2. The van der Waals surface area contributed by atoms with Crippen molar-refractivity contribution in [1.82, 2.24) is 10.6 Å². The van der Waals surface area contributed by atoms with E-state index in [2.05, 4.69) is 17.2 Å². The predicted molar refractivity (Wildman–Crippen MR) is 78.3 cm³/mol. The van der Waals surface area contributed by atoms with Crippen molar-refractivity contribution in [2.45, 2.75) is 37.8 Å². The van der Waals surface area contributed by atoms with Crippen LogP contribution in [0.5, 0.6) is 0 Å². The Bertz CT molecular complexity index is 530. The van der Waals surface area contributed by atoms with E-state index in [9.17, 15) is 14.0 Å². The monoisotopic (exact) mass is 290 g/mol. The minimum Gasteiger partial charge on any atom is -0.347 e. The number of carbonyl (C=O) groups excluding carboxylic acids is 2. The van der Waals surface area contributed by atoms with Crippen LogP contribution in [0.25, 0.3) is 0 Å². The minimum absolute atomic E-state index is 0.180. The first-order valence-corrected chi connectivity index (χ1v) is 7.09. The highest BCUT2D eigenvalue weighted by Crippen LogP contribution is 2.19. The average Bonchev–Trinajstić information content (AvgIpc) is 2.50. The van der Waals surface area contributed by atoms with Gasteiger partial charge in [-0.25, -0.2) is 4.39 Å². The molecule has 1 aromatic rings. The summed E-state index contributed by atoms with van der Waals surface area (Å²) in [7, 11) is 0. The zero-order valence-electron chi connectivity index (χ0n) is 11.8. The molecular formula is C16H19FN2O2. The summed E-state index contributed by atoms with van der Waals surface area (Å²) in [4.78, 5) is 23.6. The van der Waals surface area contributed by atoms with Gasteiger partial charge in [-0.2, -0.15) is 0 Å². The van der Waals surface area contributed by atoms with Crippen molar-refractivity contribution in [2.24, 2.45) is 0 Å². The predicted octanol–water partition coefficient (Wildman–Crippen LogP) is 2.33. The maximum Gasteiger partial charge on any atom is 0.279 e. The van der Waals surface area contributed by atoms with Crippen LogP contribution in [-0.2, 0) is 4.79 Å². The van der Waals surface area contributed by atoms with E-state index in [1.165, 1.54) is 0 Å². The molecule has 4 nitrogen and oxygen atoms in total. The third-order valence-corrected chi connectivity index (χ3v) is 3.68. The molecule has 1 aliphatic carbocycles. The molecule has 0 aromatic heterocycles. The normalized spacial score (nSPS) is 21.4. The number of halogens is 1. The largest absolute Gasteiger partial charge is 0.347 e. The molecule has 2 N–H and O–H groups in total. The Labute approximate surface area is 123 Å². The van der Waals surface area contributed by atoms with Crippen molar-refractivity contribution in [2.75, 3.05) is 0 Å². The molecule has 1 aliphatic rings. The van der Waals surface area contributed by atoms with Crippen molar-refractivity contribution in [3.05, 3.63) is 48.3 Å². The van der Waals surface area contributed by atoms with Gasteiger partial charge in [0.2, 0.25) is 0 Å². The molecule has 0 heterocycles. The Morgan fingerprint density at radius 3 is 2.19 bits per heavy atom. The summed E-state index contributed by atoms with van der Waals surface area (Å²) in [6, 6.07) is 8.45. The Hall–Kier alpha value is -2.17. The van der Waals surface area contributed by atoms with Crippen molar-refractivity contribution in [3.63, 3.8) is 0 Å². The second kappa shape index (κ2) is 7.02. The van der Waals surface area contributed by atoms with Gasteiger partial charge in [0.1, 0.15) is 0 Å². The number of hydrogen-bond donors (Lipinski definition) is 2. The highest BCUT2D eigenvalue weighted by Gasteiger charge is 2.28. The highest BCUT2D eigenvalue weighted by molar-refractivity contribution is 5.94. The van der Waals surface area contributed by atoms with Gasteiger partial charge in [-0.15, -0.1) is 0 Å². The molecule has 1 aromatic carbocycles. The fourth-order valence-corrected chi connectivity index (χ4v) is 2.56. The fourth-order valence-electron chi connectivity index (χ4n) is 2.56. The summed E-state index contributed by atoms with van der Waals surface area (Å²) in [6.45, 7) is 2.99. The van der Waals surface area contributed by atoms with E-state index in [1.807, 2.05) is 6.07 Å². The summed E-state index contributed by atoms with van der Waals surface area (Å²) in [6.07, 6.45) is 3.41. The lowest BCUT2D eigenvalue weighted by Gasteiger charge is -2.32. The molecule has 2 atom stereocenters. The lowest BCUT2D eigenvalue weighted by atomic mass is 9.90. The molecule has 2 amide bonds. The maximum absolute atomic E-state index is 12.8. The molecule has 21 heavy (non-hydrogen) atoms. The Balaban J connectivity index is 2.00. The topological polar surface area (TPSA) is 58.2 Å². The quantitative estimate of drug-likeness (QED) is 0.836. The molecule has 0 saturated heterocycles. The van der Waals surface area contributed by atoms with Gasteiger partial charge < -0.3 is 10.6 Å². The highest BCUT2D eigenvalue weighted by atomic mass is 19.1. The maximum atomic E-state index is 12.8. The van der Waals surface area contributed by atoms with Crippen LogP contribution in [0.4, 0.5) is 4.39 Å². The van der Waals surface area contributed by atoms with Crippen LogP contribution < -0.4 is 10.6 Å². The molecule has 5 heteroatoms. The van der Waals surface area contributed by atoms with Gasteiger partial charge in [0, 0.05) is 17.6 Å². The second-order valence-corrected chi connectivity index (χ2v) is 5.22. The van der Waals surface area contributed by atoms with E-state index < -0.39 is 11.7 Å². The summed E-state index contributed by atoms with van der Waals surface area (Å²) in [5.74, 6) is -1.99. The van der Waals surface area contributed by atoms with Crippen LogP contribution in [-0.4, -0.2) is 23.9 Å². The van der Waals surface area contributed by atoms with Crippen LogP contribution in [0.2, 0.25) is 0 Å². The molecule has 0 unspecified atom stereocenters. The van der Waals surface area contributed by atoms with Crippen molar-refractivity contribution in [1.29, 1.82) is 0 Å². The summed E-state index contributed by atoms with van der Waals surface area (Å²) < 4.78 is 12.8. The van der Waals surface area contributed by atoms with Crippen LogP contribution in [0, 0.1) is 0 Å². The second-order valence-electron chi connectivity index (χ2n) is 5.22. The van der Waals surface area contributed by atoms with E-state index in [1.54, 1.807) is 24.3 Å². The van der Waals surface area contributed by atoms with Crippen LogP contribution >= 0.6 is 0 Å². The van der Waals surface area contributed by atoms with Crippen molar-refractivity contribution in [3.8, 4) is 0 Å².